The number of amides is 2. The van der Waals surface area contributed by atoms with Gasteiger partial charge in [0.25, 0.3) is 0 Å². The largest absolute Gasteiger partial charge is 0.328 e. The minimum Gasteiger partial charge on any atom is -0.328 e. The van der Waals surface area contributed by atoms with Crippen LogP contribution in [0.5, 0.6) is 0 Å². The Kier molecular flexibility index (Phi) is 3.59. The number of fused-ring (bicyclic) bond motifs is 1. The number of carbonyl (C=O) groups is 1. The molecule has 1 fully saturated rings. The maximum Gasteiger partial charge on any atom is 0.318 e. The first-order valence-corrected chi connectivity index (χ1v) is 7.63. The van der Waals surface area contributed by atoms with Crippen molar-refractivity contribution in [2.24, 2.45) is 0 Å². The van der Waals surface area contributed by atoms with Crippen LogP contribution in [-0.2, 0) is 13.0 Å². The number of carbonyl (C=O) groups excluding carboxylic acids is 1. The van der Waals surface area contributed by atoms with E-state index in [1.54, 1.807) is 6.92 Å². The van der Waals surface area contributed by atoms with Crippen molar-refractivity contribution in [3.63, 3.8) is 0 Å². The number of hydrogen-bond donors (Lipinski definition) is 1. The highest BCUT2D eigenvalue weighted by atomic mass is 19.1. The fourth-order valence-corrected chi connectivity index (χ4v) is 3.09. The fraction of sp³-hybridized carbons (Fsp3) is 0.786. The summed E-state index contributed by atoms with van der Waals surface area (Å²) in [4.78, 5) is 13.7. The van der Waals surface area contributed by atoms with Gasteiger partial charge in [-0.3, -0.25) is 0 Å². The van der Waals surface area contributed by atoms with E-state index >= 15 is 0 Å². The smallest absolute Gasteiger partial charge is 0.318 e. The second-order valence-electron chi connectivity index (χ2n) is 6.34. The molecule has 3 rings (SSSR count). The van der Waals surface area contributed by atoms with Crippen LogP contribution in [0.2, 0.25) is 0 Å². The van der Waals surface area contributed by atoms with E-state index in [9.17, 15) is 9.18 Å². The van der Waals surface area contributed by atoms with Crippen LogP contribution in [-0.4, -0.2) is 44.5 Å². The van der Waals surface area contributed by atoms with Gasteiger partial charge in [0.2, 0.25) is 0 Å². The summed E-state index contributed by atoms with van der Waals surface area (Å²) in [6, 6.07) is -0.444. The number of nitrogens with zero attached hydrogens (tertiary/aromatic N) is 4. The number of alkyl halides is 1. The molecule has 0 radical (unpaired) electrons. The zero-order valence-corrected chi connectivity index (χ0v) is 12.6. The first-order chi connectivity index (χ1) is 9.96. The third-order valence-electron chi connectivity index (χ3n) is 4.33. The lowest BCUT2D eigenvalue weighted by Crippen LogP contribution is -2.41. The molecule has 0 spiro atoms. The number of nitrogens with one attached hydrogen (secondary N) is 1. The van der Waals surface area contributed by atoms with Crippen molar-refractivity contribution in [2.45, 2.75) is 57.8 Å². The molecule has 1 aromatic rings. The Balaban J connectivity index is 1.65. The van der Waals surface area contributed by atoms with Gasteiger partial charge in [-0.25, -0.2) is 9.18 Å². The van der Waals surface area contributed by atoms with Crippen LogP contribution in [0.3, 0.4) is 0 Å². The lowest BCUT2D eigenvalue weighted by molar-refractivity contribution is 0.176. The van der Waals surface area contributed by atoms with Gasteiger partial charge in [-0.2, -0.15) is 0 Å². The van der Waals surface area contributed by atoms with Crippen LogP contribution in [0.25, 0.3) is 0 Å². The van der Waals surface area contributed by atoms with E-state index in [-0.39, 0.29) is 18.6 Å². The Hall–Kier alpha value is -1.66. The van der Waals surface area contributed by atoms with Gasteiger partial charge in [0.15, 0.2) is 5.82 Å². The summed E-state index contributed by atoms with van der Waals surface area (Å²) in [7, 11) is 0. The number of halogens is 1. The molecule has 0 saturated carbocycles. The van der Waals surface area contributed by atoms with Gasteiger partial charge in [0, 0.05) is 25.9 Å². The van der Waals surface area contributed by atoms with Gasteiger partial charge < -0.3 is 14.8 Å². The van der Waals surface area contributed by atoms with E-state index in [0.29, 0.717) is 13.0 Å². The van der Waals surface area contributed by atoms with E-state index in [1.807, 2.05) is 6.92 Å². The average Bonchev–Trinajstić information content (AvgIpc) is 3.01. The van der Waals surface area contributed by atoms with Gasteiger partial charge in [-0.05, 0) is 26.7 Å². The molecule has 21 heavy (non-hydrogen) atoms. The number of rotatable bonds is 2. The number of hydrogen-bond acceptors (Lipinski definition) is 3. The summed E-state index contributed by atoms with van der Waals surface area (Å²) in [5.74, 6) is 1.79. The highest BCUT2D eigenvalue weighted by Crippen LogP contribution is 2.25. The van der Waals surface area contributed by atoms with E-state index in [1.165, 1.54) is 4.90 Å². The van der Waals surface area contributed by atoms with E-state index in [4.69, 9.17) is 0 Å². The van der Waals surface area contributed by atoms with Crippen molar-refractivity contribution >= 4 is 6.03 Å². The quantitative estimate of drug-likeness (QED) is 0.905. The summed E-state index contributed by atoms with van der Waals surface area (Å²) < 4.78 is 15.9. The Labute approximate surface area is 123 Å². The van der Waals surface area contributed by atoms with Crippen molar-refractivity contribution < 1.29 is 9.18 Å². The van der Waals surface area contributed by atoms with Gasteiger partial charge >= 0.3 is 6.03 Å². The van der Waals surface area contributed by atoms with Crippen molar-refractivity contribution in [3.8, 4) is 0 Å². The molecule has 2 amide bonds. The van der Waals surface area contributed by atoms with Crippen molar-refractivity contribution in [3.05, 3.63) is 11.6 Å². The third kappa shape index (κ3) is 2.87. The number of urea groups is 1. The molecule has 1 aromatic heterocycles. The molecule has 0 bridgehead atoms. The second-order valence-corrected chi connectivity index (χ2v) is 6.34. The highest BCUT2D eigenvalue weighted by Gasteiger charge is 2.36. The lowest BCUT2D eigenvalue weighted by atomic mass is 10.1. The van der Waals surface area contributed by atoms with E-state index < -0.39 is 5.67 Å². The molecule has 2 unspecified atom stereocenters. The van der Waals surface area contributed by atoms with Crippen molar-refractivity contribution in [2.75, 3.05) is 13.1 Å². The van der Waals surface area contributed by atoms with E-state index in [0.717, 1.165) is 37.5 Å². The molecule has 2 aliphatic heterocycles. The molecule has 2 aliphatic rings. The zero-order valence-electron chi connectivity index (χ0n) is 12.6. The molecule has 7 heteroatoms. The van der Waals surface area contributed by atoms with Gasteiger partial charge in [0.1, 0.15) is 11.5 Å². The average molecular weight is 295 g/mol. The topological polar surface area (TPSA) is 63.1 Å². The molecule has 1 N–H and O–H groups in total. The fourth-order valence-electron chi connectivity index (χ4n) is 3.09. The molecular formula is C14H22FN5O. The number of likely N-dealkylation sites (tertiary alicyclic amines) is 1. The Morgan fingerprint density at radius 1 is 1.38 bits per heavy atom. The van der Waals surface area contributed by atoms with Crippen molar-refractivity contribution in [1.29, 1.82) is 0 Å². The van der Waals surface area contributed by atoms with Crippen LogP contribution in [0, 0.1) is 0 Å². The van der Waals surface area contributed by atoms with Crippen LogP contribution in [0.4, 0.5) is 9.18 Å². The van der Waals surface area contributed by atoms with Crippen LogP contribution in [0.15, 0.2) is 0 Å². The summed E-state index contributed by atoms with van der Waals surface area (Å²) in [5, 5.41) is 11.3. The molecule has 116 valence electrons. The first kappa shape index (κ1) is 14.3. The zero-order chi connectivity index (χ0) is 15.0. The Bertz CT molecular complexity index is 541. The summed E-state index contributed by atoms with van der Waals surface area (Å²) in [6.07, 6.45) is 3.60. The van der Waals surface area contributed by atoms with Gasteiger partial charge in [-0.1, -0.05) is 0 Å². The second kappa shape index (κ2) is 5.27. The molecular weight excluding hydrogens is 273 g/mol. The predicted molar refractivity (Wildman–Crippen MR) is 75.6 cm³/mol. The monoisotopic (exact) mass is 295 g/mol. The minimum atomic E-state index is -1.27. The van der Waals surface area contributed by atoms with Gasteiger partial charge in [-0.15, -0.1) is 10.2 Å². The van der Waals surface area contributed by atoms with E-state index in [2.05, 4.69) is 20.1 Å². The number of aryl methyl sites for hydroxylation is 1. The molecule has 2 atom stereocenters. The standard InChI is InChI=1S/C14H22FN5O/c1-10(12-18-17-11-5-3-4-7-20(11)12)16-13(21)19-8-6-14(2,15)9-19/h10H,3-9H2,1-2H3,(H,16,21). The molecule has 0 aliphatic carbocycles. The molecule has 1 saturated heterocycles. The van der Waals surface area contributed by atoms with Crippen molar-refractivity contribution in [1.82, 2.24) is 25.0 Å². The summed E-state index contributed by atoms with van der Waals surface area (Å²) >= 11 is 0. The highest BCUT2D eigenvalue weighted by molar-refractivity contribution is 5.75. The maximum absolute atomic E-state index is 13.8. The molecule has 0 aromatic carbocycles. The molecule has 3 heterocycles. The molecule has 6 nitrogen and oxygen atoms in total. The first-order valence-electron chi connectivity index (χ1n) is 7.63. The lowest BCUT2D eigenvalue weighted by Gasteiger charge is -2.22. The Morgan fingerprint density at radius 3 is 2.90 bits per heavy atom. The SMILES string of the molecule is CC(NC(=O)N1CCC(C)(F)C1)c1nnc2n1CCCC2. The summed E-state index contributed by atoms with van der Waals surface area (Å²) in [5.41, 5.74) is -1.27. The van der Waals surface area contributed by atoms with Crippen LogP contribution < -0.4 is 5.32 Å². The Morgan fingerprint density at radius 2 is 2.19 bits per heavy atom. The number of aromatic nitrogens is 3. The minimum absolute atomic E-state index is 0.156. The van der Waals surface area contributed by atoms with Crippen LogP contribution in [0.1, 0.15) is 50.8 Å². The third-order valence-corrected chi connectivity index (χ3v) is 4.33. The van der Waals surface area contributed by atoms with Gasteiger partial charge in [0.05, 0.1) is 12.6 Å². The van der Waals surface area contributed by atoms with Crippen LogP contribution >= 0.6 is 0 Å². The maximum atomic E-state index is 13.8. The summed E-state index contributed by atoms with van der Waals surface area (Å²) in [6.45, 7) is 4.96. The predicted octanol–water partition coefficient (Wildman–Crippen LogP) is 1.82. The normalized spacial score (nSPS) is 26.5.